The maximum Gasteiger partial charge on any atom is 0.139 e. The molecule has 0 amide bonds. The van der Waals surface area contributed by atoms with Crippen LogP contribution in [0.2, 0.25) is 10.0 Å². The molecule has 0 aliphatic rings. The van der Waals surface area contributed by atoms with Crippen LogP contribution in [0, 0.1) is 0 Å². The van der Waals surface area contributed by atoms with Crippen LogP contribution in [0.15, 0.2) is 12.1 Å². The van der Waals surface area contributed by atoms with Crippen molar-refractivity contribution < 1.29 is 4.74 Å². The number of hydrogen-bond donors (Lipinski definition) is 1. The van der Waals surface area contributed by atoms with E-state index in [4.69, 9.17) is 27.9 Å². The van der Waals surface area contributed by atoms with Gasteiger partial charge in [-0.05, 0) is 50.9 Å². The fraction of sp³-hybridized carbons (Fsp3) is 0.600. The second-order valence-electron chi connectivity index (χ2n) is 4.47. The lowest BCUT2D eigenvalue weighted by atomic mass is 10.1. The van der Waals surface area contributed by atoms with E-state index in [2.05, 4.69) is 12.2 Å². The van der Waals surface area contributed by atoms with Gasteiger partial charge in [0.05, 0.1) is 11.6 Å². The van der Waals surface area contributed by atoms with Gasteiger partial charge in [0, 0.05) is 11.1 Å². The van der Waals surface area contributed by atoms with Crippen molar-refractivity contribution in [2.75, 3.05) is 19.7 Å². The third-order valence-electron chi connectivity index (χ3n) is 2.95. The summed E-state index contributed by atoms with van der Waals surface area (Å²) in [4.78, 5) is 0. The molecule has 4 heteroatoms. The largest absolute Gasteiger partial charge is 0.492 e. The summed E-state index contributed by atoms with van der Waals surface area (Å²) in [5.74, 6) is 0.671. The second-order valence-corrected chi connectivity index (χ2v) is 5.29. The monoisotopic (exact) mass is 303 g/mol. The molecule has 108 valence electrons. The van der Waals surface area contributed by atoms with Crippen molar-refractivity contribution in [2.45, 2.75) is 39.5 Å². The lowest BCUT2D eigenvalue weighted by molar-refractivity contribution is 0.340. The van der Waals surface area contributed by atoms with E-state index in [1.165, 1.54) is 12.8 Å². The number of hydrogen-bond acceptors (Lipinski definition) is 2. The molecule has 0 saturated heterocycles. The SMILES string of the molecule is CCNCCCCCc1cc(Cl)c(OCC)cc1Cl. The van der Waals surface area contributed by atoms with Gasteiger partial charge in [-0.3, -0.25) is 0 Å². The fourth-order valence-electron chi connectivity index (χ4n) is 1.95. The normalized spacial score (nSPS) is 10.7. The predicted molar refractivity (Wildman–Crippen MR) is 83.7 cm³/mol. The summed E-state index contributed by atoms with van der Waals surface area (Å²) in [5, 5.41) is 4.72. The first kappa shape index (κ1) is 16.6. The average molecular weight is 304 g/mol. The maximum atomic E-state index is 6.25. The molecule has 0 atom stereocenters. The topological polar surface area (TPSA) is 21.3 Å². The maximum absolute atomic E-state index is 6.25. The van der Waals surface area contributed by atoms with Crippen LogP contribution < -0.4 is 10.1 Å². The molecule has 0 aromatic heterocycles. The van der Waals surface area contributed by atoms with Crippen molar-refractivity contribution in [3.8, 4) is 5.75 Å². The molecule has 19 heavy (non-hydrogen) atoms. The van der Waals surface area contributed by atoms with Gasteiger partial charge in [0.2, 0.25) is 0 Å². The van der Waals surface area contributed by atoms with Crippen molar-refractivity contribution in [2.24, 2.45) is 0 Å². The zero-order valence-electron chi connectivity index (χ0n) is 11.8. The lowest BCUT2D eigenvalue weighted by Crippen LogP contribution is -2.13. The van der Waals surface area contributed by atoms with Crippen molar-refractivity contribution >= 4 is 23.2 Å². The van der Waals surface area contributed by atoms with Gasteiger partial charge in [-0.2, -0.15) is 0 Å². The first-order valence-corrected chi connectivity index (χ1v) is 7.76. The van der Waals surface area contributed by atoms with Crippen LogP contribution in [0.3, 0.4) is 0 Å². The zero-order valence-corrected chi connectivity index (χ0v) is 13.3. The summed E-state index contributed by atoms with van der Waals surface area (Å²) >= 11 is 12.4. The zero-order chi connectivity index (χ0) is 14.1. The Morgan fingerprint density at radius 1 is 1.05 bits per heavy atom. The van der Waals surface area contributed by atoms with Crippen molar-refractivity contribution in [1.29, 1.82) is 0 Å². The van der Waals surface area contributed by atoms with Gasteiger partial charge in [0.1, 0.15) is 5.75 Å². The van der Waals surface area contributed by atoms with Crippen LogP contribution in [0.4, 0.5) is 0 Å². The second kappa shape index (κ2) is 9.46. The summed E-state index contributed by atoms with van der Waals surface area (Å²) in [5.41, 5.74) is 1.11. The molecule has 0 bridgehead atoms. The Morgan fingerprint density at radius 3 is 2.53 bits per heavy atom. The molecule has 2 nitrogen and oxygen atoms in total. The minimum Gasteiger partial charge on any atom is -0.492 e. The summed E-state index contributed by atoms with van der Waals surface area (Å²) < 4.78 is 5.42. The molecule has 1 aromatic carbocycles. The van der Waals surface area contributed by atoms with Gasteiger partial charge in [-0.1, -0.05) is 36.5 Å². The van der Waals surface area contributed by atoms with Crippen LogP contribution in [0.5, 0.6) is 5.75 Å². The van der Waals surface area contributed by atoms with E-state index in [9.17, 15) is 0 Å². The highest BCUT2D eigenvalue weighted by Gasteiger charge is 2.08. The highest BCUT2D eigenvalue weighted by Crippen LogP contribution is 2.32. The quantitative estimate of drug-likeness (QED) is 0.667. The Hall–Kier alpha value is -0.440. The molecule has 0 spiro atoms. The Morgan fingerprint density at radius 2 is 1.84 bits per heavy atom. The third-order valence-corrected chi connectivity index (χ3v) is 3.60. The van der Waals surface area contributed by atoms with Crippen LogP contribution in [0.1, 0.15) is 38.7 Å². The average Bonchev–Trinajstić information content (AvgIpc) is 2.39. The molecular formula is C15H23Cl2NO. The highest BCUT2D eigenvalue weighted by atomic mass is 35.5. The molecule has 0 unspecified atom stereocenters. The number of ether oxygens (including phenoxy) is 1. The fourth-order valence-corrected chi connectivity index (χ4v) is 2.44. The molecule has 1 aromatic rings. The van der Waals surface area contributed by atoms with Gasteiger partial charge in [-0.25, -0.2) is 0 Å². The van der Waals surface area contributed by atoms with E-state index >= 15 is 0 Å². The van der Waals surface area contributed by atoms with Gasteiger partial charge in [-0.15, -0.1) is 0 Å². The van der Waals surface area contributed by atoms with Crippen LogP contribution >= 0.6 is 23.2 Å². The van der Waals surface area contributed by atoms with Crippen LogP contribution in [-0.4, -0.2) is 19.7 Å². The van der Waals surface area contributed by atoms with E-state index in [-0.39, 0.29) is 0 Å². The summed E-state index contributed by atoms with van der Waals surface area (Å²) in [6.07, 6.45) is 4.51. The molecule has 0 fully saturated rings. The molecule has 0 radical (unpaired) electrons. The van der Waals surface area contributed by atoms with E-state index in [0.29, 0.717) is 17.4 Å². The highest BCUT2D eigenvalue weighted by molar-refractivity contribution is 6.34. The number of benzene rings is 1. The summed E-state index contributed by atoms with van der Waals surface area (Å²) in [6.45, 7) is 6.79. The predicted octanol–water partition coefficient (Wildman–Crippen LogP) is 4.71. The molecular weight excluding hydrogens is 281 g/mol. The standard InChI is InChI=1S/C15H23Cl2NO/c1-3-18-9-7-5-6-8-12-10-14(17)15(19-4-2)11-13(12)16/h10-11,18H,3-9H2,1-2H3. The molecule has 0 heterocycles. The number of aryl methyl sites for hydroxylation is 1. The molecule has 0 aliphatic carbocycles. The first-order valence-electron chi connectivity index (χ1n) is 7.00. The van der Waals surface area contributed by atoms with Crippen molar-refractivity contribution in [1.82, 2.24) is 5.32 Å². The number of halogens is 2. The van der Waals surface area contributed by atoms with Crippen molar-refractivity contribution in [3.63, 3.8) is 0 Å². The number of unbranched alkanes of at least 4 members (excludes halogenated alkanes) is 2. The van der Waals surface area contributed by atoms with Crippen molar-refractivity contribution in [3.05, 3.63) is 27.7 Å². The van der Waals surface area contributed by atoms with E-state index < -0.39 is 0 Å². The molecule has 0 aliphatic heterocycles. The number of rotatable bonds is 9. The van der Waals surface area contributed by atoms with Gasteiger partial charge in [0.15, 0.2) is 0 Å². The Balaban J connectivity index is 2.43. The lowest BCUT2D eigenvalue weighted by Gasteiger charge is -2.10. The smallest absolute Gasteiger partial charge is 0.139 e. The Bertz CT molecular complexity index is 383. The number of nitrogens with one attached hydrogen (secondary N) is 1. The molecule has 1 N–H and O–H groups in total. The van der Waals surface area contributed by atoms with Gasteiger partial charge < -0.3 is 10.1 Å². The van der Waals surface area contributed by atoms with E-state index in [1.807, 2.05) is 19.1 Å². The van der Waals surface area contributed by atoms with Crippen LogP contribution in [0.25, 0.3) is 0 Å². The molecule has 0 saturated carbocycles. The Kier molecular flexibility index (Phi) is 8.27. The van der Waals surface area contributed by atoms with Crippen LogP contribution in [-0.2, 0) is 6.42 Å². The van der Waals surface area contributed by atoms with Gasteiger partial charge in [0.25, 0.3) is 0 Å². The minimum atomic E-state index is 0.597. The van der Waals surface area contributed by atoms with Gasteiger partial charge >= 0.3 is 0 Å². The van der Waals surface area contributed by atoms with E-state index in [1.54, 1.807) is 0 Å². The Labute approximate surface area is 126 Å². The minimum absolute atomic E-state index is 0.597. The summed E-state index contributed by atoms with van der Waals surface area (Å²) in [7, 11) is 0. The summed E-state index contributed by atoms with van der Waals surface area (Å²) in [6, 6.07) is 3.75. The van der Waals surface area contributed by atoms with E-state index in [0.717, 1.165) is 36.5 Å². The third kappa shape index (κ3) is 6.03. The molecule has 1 rings (SSSR count). The first-order chi connectivity index (χ1) is 9.19.